The standard InChI is InChI=1S/C13H18N2O2/c1-9(2)14-8-13(17)15-12-6-4-5-11(7-12)10(3)16/h4-7,9,14H,8H2,1-3H3,(H,15,17). The van der Waals surface area contributed by atoms with E-state index >= 15 is 0 Å². The maximum atomic E-state index is 11.5. The van der Waals surface area contributed by atoms with Gasteiger partial charge < -0.3 is 10.6 Å². The average molecular weight is 234 g/mol. The second kappa shape index (κ2) is 6.15. The lowest BCUT2D eigenvalue weighted by Gasteiger charge is -2.09. The van der Waals surface area contributed by atoms with Crippen LogP contribution in [0, 0.1) is 0 Å². The molecule has 0 heterocycles. The number of nitrogens with one attached hydrogen (secondary N) is 2. The highest BCUT2D eigenvalue weighted by atomic mass is 16.2. The number of rotatable bonds is 5. The smallest absolute Gasteiger partial charge is 0.238 e. The van der Waals surface area contributed by atoms with Crippen LogP contribution in [0.4, 0.5) is 5.69 Å². The number of anilines is 1. The lowest BCUT2D eigenvalue weighted by molar-refractivity contribution is -0.115. The first-order valence-corrected chi connectivity index (χ1v) is 5.63. The van der Waals surface area contributed by atoms with Crippen LogP contribution in [0.2, 0.25) is 0 Å². The van der Waals surface area contributed by atoms with Gasteiger partial charge in [0.05, 0.1) is 6.54 Å². The summed E-state index contributed by atoms with van der Waals surface area (Å²) in [5.74, 6) is -0.124. The highest BCUT2D eigenvalue weighted by molar-refractivity contribution is 5.97. The molecule has 4 heteroatoms. The van der Waals surface area contributed by atoms with Crippen LogP contribution in [0.15, 0.2) is 24.3 Å². The molecule has 0 saturated carbocycles. The number of carbonyl (C=O) groups is 2. The van der Waals surface area contributed by atoms with E-state index in [2.05, 4.69) is 10.6 Å². The van der Waals surface area contributed by atoms with E-state index in [4.69, 9.17) is 0 Å². The molecular formula is C13H18N2O2. The number of hydrogen-bond acceptors (Lipinski definition) is 3. The summed E-state index contributed by atoms with van der Waals surface area (Å²) >= 11 is 0. The molecule has 0 unspecified atom stereocenters. The van der Waals surface area contributed by atoms with E-state index in [1.807, 2.05) is 13.8 Å². The number of Topliss-reactive ketones (excluding diaryl/α,β-unsaturated/α-hetero) is 1. The molecule has 92 valence electrons. The van der Waals surface area contributed by atoms with Crippen LogP contribution < -0.4 is 10.6 Å². The van der Waals surface area contributed by atoms with Crippen molar-refractivity contribution in [2.75, 3.05) is 11.9 Å². The van der Waals surface area contributed by atoms with Crippen molar-refractivity contribution in [3.63, 3.8) is 0 Å². The molecular weight excluding hydrogens is 216 g/mol. The van der Waals surface area contributed by atoms with Crippen molar-refractivity contribution < 1.29 is 9.59 Å². The Balaban J connectivity index is 2.59. The zero-order chi connectivity index (χ0) is 12.8. The highest BCUT2D eigenvalue weighted by Crippen LogP contribution is 2.10. The Bertz CT molecular complexity index is 414. The Labute approximate surface area is 101 Å². The van der Waals surface area contributed by atoms with E-state index in [9.17, 15) is 9.59 Å². The quantitative estimate of drug-likeness (QED) is 0.764. The van der Waals surface area contributed by atoms with Gasteiger partial charge in [-0.1, -0.05) is 26.0 Å². The topological polar surface area (TPSA) is 58.2 Å². The molecule has 4 nitrogen and oxygen atoms in total. The lowest BCUT2D eigenvalue weighted by Crippen LogP contribution is -2.32. The number of amides is 1. The van der Waals surface area contributed by atoms with Crippen molar-refractivity contribution >= 4 is 17.4 Å². The molecule has 0 aliphatic heterocycles. The third kappa shape index (κ3) is 4.78. The highest BCUT2D eigenvalue weighted by Gasteiger charge is 2.05. The molecule has 17 heavy (non-hydrogen) atoms. The second-order valence-electron chi connectivity index (χ2n) is 4.22. The van der Waals surface area contributed by atoms with Crippen molar-refractivity contribution in [1.29, 1.82) is 0 Å². The van der Waals surface area contributed by atoms with Crippen LogP contribution in [0.1, 0.15) is 31.1 Å². The molecule has 1 aromatic rings. The van der Waals surface area contributed by atoms with Crippen LogP contribution in [0.25, 0.3) is 0 Å². The van der Waals surface area contributed by atoms with Crippen LogP contribution in [0.5, 0.6) is 0 Å². The third-order valence-corrected chi connectivity index (χ3v) is 2.22. The summed E-state index contributed by atoms with van der Waals surface area (Å²) < 4.78 is 0. The molecule has 0 atom stereocenters. The summed E-state index contributed by atoms with van der Waals surface area (Å²) in [6, 6.07) is 7.19. The maximum absolute atomic E-state index is 11.5. The largest absolute Gasteiger partial charge is 0.325 e. The molecule has 0 aromatic heterocycles. The van der Waals surface area contributed by atoms with Gasteiger partial charge in [-0.15, -0.1) is 0 Å². The Hall–Kier alpha value is -1.68. The fourth-order valence-electron chi connectivity index (χ4n) is 1.32. The van der Waals surface area contributed by atoms with Crippen LogP contribution in [-0.2, 0) is 4.79 Å². The molecule has 0 aliphatic carbocycles. The van der Waals surface area contributed by atoms with Gasteiger partial charge in [0.2, 0.25) is 5.91 Å². The molecule has 1 amide bonds. The van der Waals surface area contributed by atoms with E-state index in [1.54, 1.807) is 24.3 Å². The Kier molecular flexibility index (Phi) is 4.84. The van der Waals surface area contributed by atoms with Gasteiger partial charge in [0.1, 0.15) is 0 Å². The first-order chi connectivity index (χ1) is 7.99. The van der Waals surface area contributed by atoms with E-state index < -0.39 is 0 Å². The van der Waals surface area contributed by atoms with Crippen molar-refractivity contribution in [2.45, 2.75) is 26.8 Å². The molecule has 2 N–H and O–H groups in total. The van der Waals surface area contributed by atoms with Crippen molar-refractivity contribution in [1.82, 2.24) is 5.32 Å². The first kappa shape index (κ1) is 13.4. The minimum absolute atomic E-state index is 0.0126. The predicted octanol–water partition coefficient (Wildman–Crippen LogP) is 1.83. The zero-order valence-electron chi connectivity index (χ0n) is 10.4. The fraction of sp³-hybridized carbons (Fsp3) is 0.385. The lowest BCUT2D eigenvalue weighted by atomic mass is 10.1. The molecule has 0 saturated heterocycles. The summed E-state index contributed by atoms with van der Waals surface area (Å²) in [4.78, 5) is 22.7. The molecule has 0 radical (unpaired) electrons. The van der Waals surface area contributed by atoms with E-state index in [1.165, 1.54) is 6.92 Å². The molecule has 1 rings (SSSR count). The van der Waals surface area contributed by atoms with Gasteiger partial charge >= 0.3 is 0 Å². The van der Waals surface area contributed by atoms with Gasteiger partial charge in [0, 0.05) is 17.3 Å². The minimum atomic E-state index is -0.112. The normalized spacial score (nSPS) is 10.4. The summed E-state index contributed by atoms with van der Waals surface area (Å²) in [5, 5.41) is 5.76. The van der Waals surface area contributed by atoms with Crippen LogP contribution in [0.3, 0.4) is 0 Å². The Morgan fingerprint density at radius 1 is 1.29 bits per heavy atom. The Morgan fingerprint density at radius 3 is 2.59 bits per heavy atom. The van der Waals surface area contributed by atoms with Gasteiger partial charge in [0.15, 0.2) is 5.78 Å². The summed E-state index contributed by atoms with van der Waals surface area (Å²) in [6.45, 7) is 5.72. The maximum Gasteiger partial charge on any atom is 0.238 e. The minimum Gasteiger partial charge on any atom is -0.325 e. The monoisotopic (exact) mass is 234 g/mol. The van der Waals surface area contributed by atoms with Crippen molar-refractivity contribution in [2.24, 2.45) is 0 Å². The molecule has 1 aromatic carbocycles. The van der Waals surface area contributed by atoms with E-state index in [-0.39, 0.29) is 24.3 Å². The second-order valence-corrected chi connectivity index (χ2v) is 4.22. The molecule has 0 bridgehead atoms. The average Bonchev–Trinajstić information content (AvgIpc) is 2.26. The first-order valence-electron chi connectivity index (χ1n) is 5.63. The molecule has 0 aliphatic rings. The van der Waals surface area contributed by atoms with E-state index in [0.29, 0.717) is 11.3 Å². The number of ketones is 1. The summed E-state index contributed by atoms with van der Waals surface area (Å²) in [7, 11) is 0. The van der Waals surface area contributed by atoms with Crippen LogP contribution >= 0.6 is 0 Å². The van der Waals surface area contributed by atoms with E-state index in [0.717, 1.165) is 0 Å². The SMILES string of the molecule is CC(=O)c1cccc(NC(=O)CNC(C)C)c1. The number of carbonyl (C=O) groups excluding carboxylic acids is 2. The molecule has 0 fully saturated rings. The molecule has 0 spiro atoms. The van der Waals surface area contributed by atoms with Crippen molar-refractivity contribution in [3.8, 4) is 0 Å². The van der Waals surface area contributed by atoms with Gasteiger partial charge in [-0.25, -0.2) is 0 Å². The third-order valence-electron chi connectivity index (χ3n) is 2.22. The van der Waals surface area contributed by atoms with Crippen molar-refractivity contribution in [3.05, 3.63) is 29.8 Å². The van der Waals surface area contributed by atoms with Gasteiger partial charge in [-0.2, -0.15) is 0 Å². The summed E-state index contributed by atoms with van der Waals surface area (Å²) in [6.07, 6.45) is 0. The Morgan fingerprint density at radius 2 is 2.00 bits per heavy atom. The van der Waals surface area contributed by atoms with Gasteiger partial charge in [0.25, 0.3) is 0 Å². The van der Waals surface area contributed by atoms with Crippen LogP contribution in [-0.4, -0.2) is 24.3 Å². The summed E-state index contributed by atoms with van der Waals surface area (Å²) in [5.41, 5.74) is 1.24. The fourth-order valence-corrected chi connectivity index (χ4v) is 1.32. The number of hydrogen-bond donors (Lipinski definition) is 2. The number of benzene rings is 1. The zero-order valence-corrected chi connectivity index (χ0v) is 10.4. The van der Waals surface area contributed by atoms with Gasteiger partial charge in [-0.05, 0) is 19.1 Å². The predicted molar refractivity (Wildman–Crippen MR) is 68.2 cm³/mol. The van der Waals surface area contributed by atoms with Gasteiger partial charge in [-0.3, -0.25) is 9.59 Å².